The number of benzene rings is 1. The van der Waals surface area contributed by atoms with Gasteiger partial charge in [-0.1, -0.05) is 12.1 Å². The minimum Gasteiger partial charge on any atom is -0.379 e. The molecule has 0 aliphatic carbocycles. The first-order valence-corrected chi connectivity index (χ1v) is 8.83. The number of carbonyl (C=O) groups excluding carboxylic acids is 1. The summed E-state index contributed by atoms with van der Waals surface area (Å²) in [6.45, 7) is 5.96. The van der Waals surface area contributed by atoms with Crippen molar-refractivity contribution in [3.05, 3.63) is 46.2 Å². The smallest absolute Gasteiger partial charge is 0.283 e. The molecule has 0 N–H and O–H groups in total. The normalized spacial score (nSPS) is 15.9. The number of thiazole rings is 1. The molecule has 0 unspecified atom stereocenters. The molecule has 24 heavy (non-hydrogen) atoms. The highest BCUT2D eigenvalue weighted by Gasteiger charge is 2.19. The largest absolute Gasteiger partial charge is 0.379 e. The van der Waals surface area contributed by atoms with Gasteiger partial charge in [0, 0.05) is 18.5 Å². The Bertz CT molecular complexity index is 880. The van der Waals surface area contributed by atoms with Crippen LogP contribution in [0.15, 0.2) is 29.6 Å². The standard InChI is InChI=1S/C17H18N4O2S/c1-12-18-13-4-2-3-5-15(13)21(12)17(22)14-11-24-16(19-14)10-20-6-8-23-9-7-20/h2-5,11H,6-10H2,1H3. The van der Waals surface area contributed by atoms with Crippen LogP contribution in [0.25, 0.3) is 11.0 Å². The fourth-order valence-corrected chi connectivity index (χ4v) is 3.76. The van der Waals surface area contributed by atoms with Crippen LogP contribution in [0.2, 0.25) is 0 Å². The predicted molar refractivity (Wildman–Crippen MR) is 92.4 cm³/mol. The Balaban J connectivity index is 1.59. The molecule has 4 rings (SSSR count). The zero-order valence-electron chi connectivity index (χ0n) is 13.4. The molecule has 1 saturated heterocycles. The summed E-state index contributed by atoms with van der Waals surface area (Å²) in [4.78, 5) is 24.2. The molecule has 1 aliphatic rings. The number of nitrogens with zero attached hydrogens (tertiary/aromatic N) is 4. The summed E-state index contributed by atoms with van der Waals surface area (Å²) < 4.78 is 7.00. The molecular weight excluding hydrogens is 324 g/mol. The average molecular weight is 342 g/mol. The Morgan fingerprint density at radius 3 is 2.88 bits per heavy atom. The Hall–Kier alpha value is -2.09. The fraction of sp³-hybridized carbons (Fsp3) is 0.353. The van der Waals surface area contributed by atoms with E-state index in [2.05, 4.69) is 14.9 Å². The number of rotatable bonds is 3. The van der Waals surface area contributed by atoms with Gasteiger partial charge in [0.15, 0.2) is 0 Å². The summed E-state index contributed by atoms with van der Waals surface area (Å²) in [7, 11) is 0. The minimum atomic E-state index is -0.120. The van der Waals surface area contributed by atoms with Gasteiger partial charge in [-0.25, -0.2) is 9.97 Å². The van der Waals surface area contributed by atoms with Crippen LogP contribution in [-0.2, 0) is 11.3 Å². The van der Waals surface area contributed by atoms with Crippen LogP contribution in [0, 0.1) is 6.92 Å². The predicted octanol–water partition coefficient (Wildman–Crippen LogP) is 2.32. The number of carbonyl (C=O) groups is 1. The molecule has 1 aliphatic heterocycles. The molecule has 1 fully saturated rings. The summed E-state index contributed by atoms with van der Waals surface area (Å²) in [5.41, 5.74) is 2.13. The van der Waals surface area contributed by atoms with Crippen LogP contribution in [-0.4, -0.2) is 51.6 Å². The van der Waals surface area contributed by atoms with Crippen LogP contribution in [0.4, 0.5) is 0 Å². The molecule has 6 nitrogen and oxygen atoms in total. The second kappa shape index (κ2) is 6.43. The lowest BCUT2D eigenvalue weighted by molar-refractivity contribution is 0.0341. The number of imidazole rings is 1. The zero-order valence-corrected chi connectivity index (χ0v) is 14.3. The zero-order chi connectivity index (χ0) is 16.5. The van der Waals surface area contributed by atoms with Crippen LogP contribution in [0.3, 0.4) is 0 Å². The number of fused-ring (bicyclic) bond motifs is 1. The highest BCUT2D eigenvalue weighted by Crippen LogP contribution is 2.19. The van der Waals surface area contributed by atoms with Crippen molar-refractivity contribution in [2.45, 2.75) is 13.5 Å². The summed E-state index contributed by atoms with van der Waals surface area (Å²) in [6.07, 6.45) is 0. The first kappa shape index (κ1) is 15.4. The van der Waals surface area contributed by atoms with Gasteiger partial charge in [0.2, 0.25) is 0 Å². The van der Waals surface area contributed by atoms with E-state index in [0.717, 1.165) is 48.9 Å². The highest BCUT2D eigenvalue weighted by atomic mass is 32.1. The quantitative estimate of drug-likeness (QED) is 0.731. The molecule has 0 bridgehead atoms. The molecular formula is C17H18N4O2S. The Labute approximate surface area is 143 Å². The number of ether oxygens (including phenoxy) is 1. The van der Waals surface area contributed by atoms with Gasteiger partial charge >= 0.3 is 0 Å². The van der Waals surface area contributed by atoms with Crippen molar-refractivity contribution < 1.29 is 9.53 Å². The topological polar surface area (TPSA) is 60.2 Å². The SMILES string of the molecule is Cc1nc2ccccc2n1C(=O)c1csc(CN2CCOCC2)n1. The van der Waals surface area contributed by atoms with Gasteiger partial charge in [-0.2, -0.15) is 0 Å². The lowest BCUT2D eigenvalue weighted by atomic mass is 10.3. The first-order chi connectivity index (χ1) is 11.7. The molecule has 7 heteroatoms. The van der Waals surface area contributed by atoms with E-state index in [9.17, 15) is 4.79 Å². The molecule has 0 radical (unpaired) electrons. The number of hydrogen-bond donors (Lipinski definition) is 0. The van der Waals surface area contributed by atoms with E-state index in [1.54, 1.807) is 4.57 Å². The van der Waals surface area contributed by atoms with Gasteiger partial charge in [0.25, 0.3) is 5.91 Å². The maximum absolute atomic E-state index is 12.9. The van der Waals surface area contributed by atoms with E-state index in [4.69, 9.17) is 4.74 Å². The summed E-state index contributed by atoms with van der Waals surface area (Å²) >= 11 is 1.53. The Kier molecular flexibility index (Phi) is 4.13. The number of aryl methyl sites for hydroxylation is 1. The van der Waals surface area contributed by atoms with Crippen molar-refractivity contribution in [3.63, 3.8) is 0 Å². The van der Waals surface area contributed by atoms with E-state index < -0.39 is 0 Å². The molecule has 0 atom stereocenters. The van der Waals surface area contributed by atoms with E-state index in [1.807, 2.05) is 36.6 Å². The van der Waals surface area contributed by atoms with Gasteiger partial charge in [0.05, 0.1) is 30.8 Å². The fourth-order valence-electron chi connectivity index (χ4n) is 2.95. The summed E-state index contributed by atoms with van der Waals surface area (Å²) in [5.74, 6) is 0.564. The second-order valence-electron chi connectivity index (χ2n) is 5.80. The van der Waals surface area contributed by atoms with Crippen molar-refractivity contribution >= 4 is 28.3 Å². The third kappa shape index (κ3) is 2.86. The average Bonchev–Trinajstić information content (AvgIpc) is 3.19. The summed E-state index contributed by atoms with van der Waals surface area (Å²) in [5, 5.41) is 2.80. The van der Waals surface area contributed by atoms with Crippen LogP contribution in [0.1, 0.15) is 21.3 Å². The second-order valence-corrected chi connectivity index (χ2v) is 6.75. The van der Waals surface area contributed by atoms with Gasteiger partial charge in [-0.15, -0.1) is 11.3 Å². The van der Waals surface area contributed by atoms with E-state index in [-0.39, 0.29) is 5.91 Å². The molecule has 3 heterocycles. The van der Waals surface area contributed by atoms with Gasteiger partial charge in [0.1, 0.15) is 16.5 Å². The van der Waals surface area contributed by atoms with Gasteiger partial charge in [-0.3, -0.25) is 14.3 Å². The number of hydrogen-bond acceptors (Lipinski definition) is 6. The van der Waals surface area contributed by atoms with Crippen molar-refractivity contribution in [2.75, 3.05) is 26.3 Å². The highest BCUT2D eigenvalue weighted by molar-refractivity contribution is 7.09. The lowest BCUT2D eigenvalue weighted by Gasteiger charge is -2.25. The third-order valence-corrected chi connectivity index (χ3v) is 5.00. The van der Waals surface area contributed by atoms with Crippen molar-refractivity contribution in [3.8, 4) is 0 Å². The van der Waals surface area contributed by atoms with Crippen LogP contribution in [0.5, 0.6) is 0 Å². The molecule has 124 valence electrons. The lowest BCUT2D eigenvalue weighted by Crippen LogP contribution is -2.35. The van der Waals surface area contributed by atoms with Gasteiger partial charge < -0.3 is 4.74 Å². The van der Waals surface area contributed by atoms with E-state index in [1.165, 1.54) is 11.3 Å². The molecule has 0 saturated carbocycles. The molecule has 0 spiro atoms. The molecule has 0 amide bonds. The maximum atomic E-state index is 12.9. The summed E-state index contributed by atoms with van der Waals surface area (Å²) in [6, 6.07) is 7.66. The Morgan fingerprint density at radius 1 is 1.25 bits per heavy atom. The molecule has 2 aromatic heterocycles. The van der Waals surface area contributed by atoms with E-state index >= 15 is 0 Å². The maximum Gasteiger partial charge on any atom is 0.283 e. The number of aromatic nitrogens is 3. The van der Waals surface area contributed by atoms with Crippen LogP contribution >= 0.6 is 11.3 Å². The number of para-hydroxylation sites is 2. The monoisotopic (exact) mass is 342 g/mol. The third-order valence-electron chi connectivity index (χ3n) is 4.17. The van der Waals surface area contributed by atoms with E-state index in [0.29, 0.717) is 11.5 Å². The first-order valence-electron chi connectivity index (χ1n) is 7.95. The minimum absolute atomic E-state index is 0.120. The van der Waals surface area contributed by atoms with Crippen molar-refractivity contribution in [2.24, 2.45) is 0 Å². The molecule has 3 aromatic rings. The Morgan fingerprint density at radius 2 is 2.04 bits per heavy atom. The van der Waals surface area contributed by atoms with Gasteiger partial charge in [-0.05, 0) is 19.1 Å². The van der Waals surface area contributed by atoms with Crippen molar-refractivity contribution in [1.29, 1.82) is 0 Å². The van der Waals surface area contributed by atoms with Crippen LogP contribution < -0.4 is 0 Å². The number of morpholine rings is 1. The van der Waals surface area contributed by atoms with Crippen molar-refractivity contribution in [1.82, 2.24) is 19.4 Å². The molecule has 1 aromatic carbocycles.